The molecule has 2 aromatic rings. The standard InChI is InChI=1S/C27H25ClN2O3S/c1-27(2)12-21-25(22(31)13-27)24(17-6-10-19(33-3)11-7-17)20(14-29)26(30-21)34-15-23(32)16-4-8-18(28)9-5-16/h4-11,24,30H,12-13,15H2,1-3H3/t24-/m0/s1. The molecule has 0 bridgehead atoms. The average molecular weight is 493 g/mol. The zero-order chi connectivity index (χ0) is 24.5. The summed E-state index contributed by atoms with van der Waals surface area (Å²) in [5, 5.41) is 14.7. The highest BCUT2D eigenvalue weighted by atomic mass is 35.5. The molecule has 4 rings (SSSR count). The van der Waals surface area contributed by atoms with E-state index in [0.29, 0.717) is 45.4 Å². The minimum absolute atomic E-state index is 0.0496. The molecule has 0 saturated heterocycles. The van der Waals surface area contributed by atoms with Gasteiger partial charge in [0.25, 0.3) is 0 Å². The first-order valence-corrected chi connectivity index (χ1v) is 12.3. The number of benzene rings is 2. The van der Waals surface area contributed by atoms with Crippen LogP contribution in [-0.4, -0.2) is 24.4 Å². The smallest absolute Gasteiger partial charge is 0.173 e. The van der Waals surface area contributed by atoms with E-state index in [2.05, 4.69) is 25.2 Å². The van der Waals surface area contributed by atoms with E-state index < -0.39 is 5.92 Å². The third-order valence-electron chi connectivity index (χ3n) is 6.09. The van der Waals surface area contributed by atoms with Gasteiger partial charge < -0.3 is 10.1 Å². The van der Waals surface area contributed by atoms with Crippen LogP contribution in [0.4, 0.5) is 0 Å². The summed E-state index contributed by atoms with van der Waals surface area (Å²) < 4.78 is 5.28. The molecule has 1 atom stereocenters. The molecule has 0 spiro atoms. The topological polar surface area (TPSA) is 79.2 Å². The van der Waals surface area contributed by atoms with Gasteiger partial charge in [-0.1, -0.05) is 49.3 Å². The van der Waals surface area contributed by atoms with E-state index in [1.54, 1.807) is 31.4 Å². The van der Waals surface area contributed by atoms with Crippen molar-refractivity contribution in [2.24, 2.45) is 5.41 Å². The molecule has 0 aromatic heterocycles. The highest BCUT2D eigenvalue weighted by Crippen LogP contribution is 2.48. The van der Waals surface area contributed by atoms with Gasteiger partial charge in [0.15, 0.2) is 11.6 Å². The predicted octanol–water partition coefficient (Wildman–Crippen LogP) is 6.03. The summed E-state index contributed by atoms with van der Waals surface area (Å²) in [6, 6.07) is 16.5. The van der Waals surface area contributed by atoms with E-state index in [-0.39, 0.29) is 22.7 Å². The number of hydrogen-bond acceptors (Lipinski definition) is 6. The van der Waals surface area contributed by atoms with Gasteiger partial charge in [-0.25, -0.2) is 0 Å². The number of methoxy groups -OCH3 is 1. The number of allylic oxidation sites excluding steroid dienone is 3. The number of carbonyl (C=O) groups is 2. The second-order valence-corrected chi connectivity index (χ2v) is 10.7. The Balaban J connectivity index is 1.71. The van der Waals surface area contributed by atoms with Crippen LogP contribution in [0.5, 0.6) is 5.75 Å². The summed E-state index contributed by atoms with van der Waals surface area (Å²) in [7, 11) is 1.60. The molecular formula is C27H25ClN2O3S. The van der Waals surface area contributed by atoms with Gasteiger partial charge in [0.1, 0.15) is 5.75 Å². The van der Waals surface area contributed by atoms with Crippen molar-refractivity contribution in [3.63, 3.8) is 0 Å². The van der Waals surface area contributed by atoms with Crippen LogP contribution in [0.25, 0.3) is 0 Å². The molecule has 1 heterocycles. The minimum atomic E-state index is -0.483. The molecule has 0 amide bonds. The quantitative estimate of drug-likeness (QED) is 0.496. The van der Waals surface area contributed by atoms with Gasteiger partial charge in [-0.2, -0.15) is 5.26 Å². The third-order valence-corrected chi connectivity index (χ3v) is 7.36. The highest BCUT2D eigenvalue weighted by Gasteiger charge is 2.42. The number of ketones is 2. The summed E-state index contributed by atoms with van der Waals surface area (Å²) in [5.74, 6) is 0.366. The van der Waals surface area contributed by atoms with Crippen LogP contribution in [0.3, 0.4) is 0 Å². The first-order valence-electron chi connectivity index (χ1n) is 11.0. The van der Waals surface area contributed by atoms with Crippen LogP contribution in [0.2, 0.25) is 5.02 Å². The Bertz CT molecular complexity index is 1240. The van der Waals surface area contributed by atoms with Gasteiger partial charge in [0.2, 0.25) is 0 Å². The van der Waals surface area contributed by atoms with Gasteiger partial charge >= 0.3 is 0 Å². The number of nitriles is 1. The summed E-state index contributed by atoms with van der Waals surface area (Å²) in [4.78, 5) is 26.0. The van der Waals surface area contributed by atoms with E-state index in [0.717, 1.165) is 11.3 Å². The maximum Gasteiger partial charge on any atom is 0.173 e. The molecule has 174 valence electrons. The fraction of sp³-hybridized carbons (Fsp3) is 0.296. The molecule has 2 aliphatic rings. The lowest BCUT2D eigenvalue weighted by molar-refractivity contribution is -0.118. The maximum absolute atomic E-state index is 13.3. The summed E-state index contributed by atoms with van der Waals surface area (Å²) in [6.07, 6.45) is 1.12. The average Bonchev–Trinajstić information content (AvgIpc) is 2.81. The van der Waals surface area contributed by atoms with Gasteiger partial charge in [-0.15, -0.1) is 0 Å². The van der Waals surface area contributed by atoms with Crippen molar-refractivity contribution in [1.82, 2.24) is 5.32 Å². The van der Waals surface area contributed by atoms with E-state index >= 15 is 0 Å². The molecule has 2 aromatic carbocycles. The number of thioether (sulfide) groups is 1. The second kappa shape index (κ2) is 9.69. The highest BCUT2D eigenvalue weighted by molar-refractivity contribution is 8.03. The second-order valence-electron chi connectivity index (χ2n) is 9.24. The Morgan fingerprint density at radius 1 is 1.18 bits per heavy atom. The Kier molecular flexibility index (Phi) is 6.88. The lowest BCUT2D eigenvalue weighted by atomic mass is 9.69. The number of halogens is 1. The lowest BCUT2D eigenvalue weighted by Crippen LogP contribution is -2.37. The third kappa shape index (κ3) is 4.91. The molecule has 0 saturated carbocycles. The maximum atomic E-state index is 13.3. The zero-order valence-electron chi connectivity index (χ0n) is 19.3. The summed E-state index contributed by atoms with van der Waals surface area (Å²) in [6.45, 7) is 4.14. The van der Waals surface area contributed by atoms with Crippen LogP contribution in [-0.2, 0) is 4.79 Å². The van der Waals surface area contributed by atoms with Crippen LogP contribution >= 0.6 is 23.4 Å². The Morgan fingerprint density at radius 3 is 2.47 bits per heavy atom. The van der Waals surface area contributed by atoms with Crippen molar-refractivity contribution in [1.29, 1.82) is 5.26 Å². The van der Waals surface area contributed by atoms with Gasteiger partial charge in [0.05, 0.1) is 35.5 Å². The number of ether oxygens (including phenoxy) is 1. The minimum Gasteiger partial charge on any atom is -0.497 e. The molecule has 0 radical (unpaired) electrons. The SMILES string of the molecule is COc1ccc([C@H]2C(C#N)=C(SCC(=O)c3ccc(Cl)cc3)NC3=C2C(=O)CC(C)(C)C3)cc1. The monoisotopic (exact) mass is 492 g/mol. The van der Waals surface area contributed by atoms with Crippen LogP contribution in [0.15, 0.2) is 70.4 Å². The van der Waals surface area contributed by atoms with Gasteiger partial charge in [-0.05, 0) is 53.8 Å². The molecule has 0 fully saturated rings. The molecular weight excluding hydrogens is 468 g/mol. The molecule has 1 aliphatic heterocycles. The van der Waals surface area contributed by atoms with E-state index in [9.17, 15) is 14.9 Å². The Hall–Kier alpha value is -3.01. The number of Topliss-reactive ketones (excluding diaryl/α,β-unsaturated/α-hetero) is 2. The van der Waals surface area contributed by atoms with Crippen molar-refractivity contribution in [3.8, 4) is 11.8 Å². The lowest BCUT2D eigenvalue weighted by Gasteiger charge is -2.39. The van der Waals surface area contributed by atoms with Crippen molar-refractivity contribution >= 4 is 34.9 Å². The molecule has 5 nitrogen and oxygen atoms in total. The van der Waals surface area contributed by atoms with Gasteiger partial charge in [0, 0.05) is 28.3 Å². The zero-order valence-corrected chi connectivity index (χ0v) is 20.8. The number of rotatable bonds is 6. The molecule has 1 N–H and O–H groups in total. The van der Waals surface area contributed by atoms with Crippen molar-refractivity contribution in [2.75, 3.05) is 12.9 Å². The van der Waals surface area contributed by atoms with Gasteiger partial charge in [-0.3, -0.25) is 9.59 Å². The summed E-state index contributed by atoms with van der Waals surface area (Å²) >= 11 is 7.23. The van der Waals surface area contributed by atoms with Crippen molar-refractivity contribution in [2.45, 2.75) is 32.6 Å². The number of nitrogens with zero attached hydrogens (tertiary/aromatic N) is 1. The van der Waals surface area contributed by atoms with E-state index in [4.69, 9.17) is 16.3 Å². The first kappa shape index (κ1) is 24.1. The van der Waals surface area contributed by atoms with E-state index in [1.807, 2.05) is 24.3 Å². The Labute approximate surface area is 208 Å². The first-order chi connectivity index (χ1) is 16.2. The molecule has 0 unspecified atom stereocenters. The summed E-state index contributed by atoms with van der Waals surface area (Å²) in [5.41, 5.74) is 3.16. The predicted molar refractivity (Wildman–Crippen MR) is 135 cm³/mol. The fourth-order valence-electron chi connectivity index (χ4n) is 4.48. The molecule has 1 aliphatic carbocycles. The van der Waals surface area contributed by atoms with E-state index in [1.165, 1.54) is 11.8 Å². The number of dihydropyridines is 1. The number of carbonyl (C=O) groups excluding carboxylic acids is 2. The van der Waals surface area contributed by atoms with Crippen molar-refractivity contribution < 1.29 is 14.3 Å². The largest absolute Gasteiger partial charge is 0.497 e. The number of nitrogens with one attached hydrogen (secondary N) is 1. The molecule has 7 heteroatoms. The van der Waals surface area contributed by atoms with Crippen LogP contribution in [0.1, 0.15) is 48.5 Å². The number of hydrogen-bond donors (Lipinski definition) is 1. The Morgan fingerprint density at radius 2 is 1.85 bits per heavy atom. The normalized spacial score (nSPS) is 19.3. The van der Waals surface area contributed by atoms with Crippen molar-refractivity contribution in [3.05, 3.63) is 86.6 Å². The van der Waals surface area contributed by atoms with Crippen LogP contribution in [0, 0.1) is 16.7 Å². The van der Waals surface area contributed by atoms with Crippen LogP contribution < -0.4 is 10.1 Å². The fourth-order valence-corrected chi connectivity index (χ4v) is 5.56. The molecule has 34 heavy (non-hydrogen) atoms.